The van der Waals surface area contributed by atoms with Gasteiger partial charge >= 0.3 is 12.1 Å². The fourth-order valence-electron chi connectivity index (χ4n) is 2.39. The van der Waals surface area contributed by atoms with Crippen molar-refractivity contribution < 1.29 is 28.2 Å². The molecule has 1 fully saturated rings. The van der Waals surface area contributed by atoms with Crippen LogP contribution in [0.3, 0.4) is 0 Å². The summed E-state index contributed by atoms with van der Waals surface area (Å²) in [5.41, 5.74) is -0.399. The Labute approximate surface area is 145 Å². The first-order valence-corrected chi connectivity index (χ1v) is 7.78. The van der Waals surface area contributed by atoms with Crippen LogP contribution in [0.2, 0.25) is 0 Å². The number of halogens is 1. The molecule has 1 aliphatic rings. The van der Waals surface area contributed by atoms with Crippen molar-refractivity contribution in [3.8, 4) is 0 Å². The van der Waals surface area contributed by atoms with Crippen molar-refractivity contribution in [2.24, 2.45) is 0 Å². The van der Waals surface area contributed by atoms with Gasteiger partial charge in [-0.05, 0) is 39.0 Å². The van der Waals surface area contributed by atoms with Crippen molar-refractivity contribution in [2.75, 3.05) is 31.6 Å². The number of rotatable bonds is 2. The predicted molar refractivity (Wildman–Crippen MR) is 87.9 cm³/mol. The maximum Gasteiger partial charge on any atom is 0.410 e. The molecule has 25 heavy (non-hydrogen) atoms. The Bertz CT molecular complexity index is 699. The van der Waals surface area contributed by atoms with Gasteiger partial charge in [0.05, 0.1) is 12.7 Å². The SMILES string of the molecule is COC(=O)c1cc(F)cc(N2CCN(C(=O)OC(C)(C)C)CC2=O)c1. The van der Waals surface area contributed by atoms with E-state index in [2.05, 4.69) is 4.74 Å². The monoisotopic (exact) mass is 352 g/mol. The van der Waals surface area contributed by atoms with E-state index >= 15 is 0 Å². The zero-order valence-electron chi connectivity index (χ0n) is 14.7. The minimum Gasteiger partial charge on any atom is -0.465 e. The van der Waals surface area contributed by atoms with E-state index in [1.165, 1.54) is 23.0 Å². The third-order valence-corrected chi connectivity index (χ3v) is 3.49. The number of ether oxygens (including phenoxy) is 2. The number of anilines is 1. The molecule has 0 unspecified atom stereocenters. The second-order valence-electron chi connectivity index (χ2n) is 6.64. The van der Waals surface area contributed by atoms with E-state index in [9.17, 15) is 18.8 Å². The molecule has 0 N–H and O–H groups in total. The van der Waals surface area contributed by atoms with Crippen LogP contribution in [0.15, 0.2) is 18.2 Å². The Kier molecular flexibility index (Phi) is 5.30. The fraction of sp³-hybridized carbons (Fsp3) is 0.471. The van der Waals surface area contributed by atoms with Gasteiger partial charge < -0.3 is 14.4 Å². The quantitative estimate of drug-likeness (QED) is 0.763. The Hall–Kier alpha value is -2.64. The van der Waals surface area contributed by atoms with Crippen LogP contribution in [-0.2, 0) is 14.3 Å². The van der Waals surface area contributed by atoms with Gasteiger partial charge in [0.25, 0.3) is 0 Å². The minimum absolute atomic E-state index is 0.0138. The summed E-state index contributed by atoms with van der Waals surface area (Å²) in [4.78, 5) is 38.6. The number of benzene rings is 1. The highest BCUT2D eigenvalue weighted by atomic mass is 19.1. The highest BCUT2D eigenvalue weighted by molar-refractivity contribution is 5.99. The molecule has 8 heteroatoms. The second-order valence-corrected chi connectivity index (χ2v) is 6.64. The number of piperazine rings is 1. The van der Waals surface area contributed by atoms with Crippen LogP contribution < -0.4 is 4.90 Å². The molecule has 1 aromatic rings. The molecule has 2 amide bonds. The molecular weight excluding hydrogens is 331 g/mol. The lowest BCUT2D eigenvalue weighted by molar-refractivity contribution is -0.121. The van der Waals surface area contributed by atoms with Gasteiger partial charge in [-0.1, -0.05) is 0 Å². The average Bonchev–Trinajstić information content (AvgIpc) is 2.51. The van der Waals surface area contributed by atoms with Crippen LogP contribution in [0, 0.1) is 5.82 Å². The van der Waals surface area contributed by atoms with Crippen molar-refractivity contribution in [3.05, 3.63) is 29.6 Å². The van der Waals surface area contributed by atoms with Gasteiger partial charge in [-0.3, -0.25) is 9.69 Å². The highest BCUT2D eigenvalue weighted by Crippen LogP contribution is 2.22. The molecule has 0 bridgehead atoms. The van der Waals surface area contributed by atoms with Gasteiger partial charge in [0.15, 0.2) is 0 Å². The maximum absolute atomic E-state index is 13.8. The molecule has 2 rings (SSSR count). The van der Waals surface area contributed by atoms with Gasteiger partial charge in [-0.25, -0.2) is 14.0 Å². The zero-order chi connectivity index (χ0) is 18.8. The number of carbonyl (C=O) groups is 3. The van der Waals surface area contributed by atoms with Crippen LogP contribution in [-0.4, -0.2) is 55.2 Å². The maximum atomic E-state index is 13.8. The molecule has 0 saturated carbocycles. The normalized spacial score (nSPS) is 15.2. The summed E-state index contributed by atoms with van der Waals surface area (Å²) >= 11 is 0. The third kappa shape index (κ3) is 4.68. The molecule has 1 aliphatic heterocycles. The molecule has 1 saturated heterocycles. The number of hydrogen-bond donors (Lipinski definition) is 0. The van der Waals surface area contributed by atoms with E-state index in [4.69, 9.17) is 4.74 Å². The zero-order valence-corrected chi connectivity index (χ0v) is 14.7. The molecule has 7 nitrogen and oxygen atoms in total. The smallest absolute Gasteiger partial charge is 0.410 e. The van der Waals surface area contributed by atoms with Crippen LogP contribution in [0.1, 0.15) is 31.1 Å². The summed E-state index contributed by atoms with van der Waals surface area (Å²) < 4.78 is 23.6. The average molecular weight is 352 g/mol. The molecule has 0 atom stereocenters. The van der Waals surface area contributed by atoms with Crippen molar-refractivity contribution in [2.45, 2.75) is 26.4 Å². The largest absolute Gasteiger partial charge is 0.465 e. The molecule has 0 spiro atoms. The number of carbonyl (C=O) groups excluding carboxylic acids is 3. The number of amides is 2. The molecule has 136 valence electrons. The summed E-state index contributed by atoms with van der Waals surface area (Å²) in [6.07, 6.45) is -0.574. The Balaban J connectivity index is 2.14. The summed E-state index contributed by atoms with van der Waals surface area (Å²) in [7, 11) is 1.19. The lowest BCUT2D eigenvalue weighted by Crippen LogP contribution is -2.53. The van der Waals surface area contributed by atoms with E-state index in [0.29, 0.717) is 0 Å². The molecule has 0 aromatic heterocycles. The lowest BCUT2D eigenvalue weighted by atomic mass is 10.1. The fourth-order valence-corrected chi connectivity index (χ4v) is 2.39. The molecule has 1 aromatic carbocycles. The van der Waals surface area contributed by atoms with Crippen LogP contribution >= 0.6 is 0 Å². The van der Waals surface area contributed by atoms with Gasteiger partial charge in [0.2, 0.25) is 5.91 Å². The van der Waals surface area contributed by atoms with E-state index in [1.807, 2.05) is 0 Å². The minimum atomic E-state index is -0.694. The first-order valence-electron chi connectivity index (χ1n) is 7.78. The van der Waals surface area contributed by atoms with Crippen LogP contribution in [0.4, 0.5) is 14.9 Å². The number of nitrogens with zero attached hydrogens (tertiary/aromatic N) is 2. The van der Waals surface area contributed by atoms with Gasteiger partial charge in [-0.15, -0.1) is 0 Å². The van der Waals surface area contributed by atoms with Crippen molar-refractivity contribution in [1.29, 1.82) is 0 Å². The van der Waals surface area contributed by atoms with Crippen molar-refractivity contribution in [1.82, 2.24) is 4.90 Å². The predicted octanol–water partition coefficient (Wildman–Crippen LogP) is 2.20. The lowest BCUT2D eigenvalue weighted by Gasteiger charge is -2.35. The number of hydrogen-bond acceptors (Lipinski definition) is 5. The summed E-state index contributed by atoms with van der Waals surface area (Å²) in [6, 6.07) is 3.58. The highest BCUT2D eigenvalue weighted by Gasteiger charge is 2.31. The van der Waals surface area contributed by atoms with E-state index < -0.39 is 29.4 Å². The van der Waals surface area contributed by atoms with Gasteiger partial charge in [-0.2, -0.15) is 0 Å². The second kappa shape index (κ2) is 7.08. The summed E-state index contributed by atoms with van der Waals surface area (Å²) in [6.45, 7) is 5.45. The Morgan fingerprint density at radius 1 is 1.16 bits per heavy atom. The first kappa shape index (κ1) is 18.7. The topological polar surface area (TPSA) is 76.2 Å². The van der Waals surface area contributed by atoms with Crippen LogP contribution in [0.25, 0.3) is 0 Å². The van der Waals surface area contributed by atoms with E-state index in [0.717, 1.165) is 12.1 Å². The summed E-state index contributed by atoms with van der Waals surface area (Å²) in [5.74, 6) is -1.74. The molecule has 1 heterocycles. The van der Waals surface area contributed by atoms with Crippen molar-refractivity contribution >= 4 is 23.7 Å². The Morgan fingerprint density at radius 2 is 1.84 bits per heavy atom. The van der Waals surface area contributed by atoms with Gasteiger partial charge in [0.1, 0.15) is 18.0 Å². The van der Waals surface area contributed by atoms with E-state index in [1.54, 1.807) is 20.8 Å². The van der Waals surface area contributed by atoms with E-state index in [-0.39, 0.29) is 30.9 Å². The number of methoxy groups -OCH3 is 1. The van der Waals surface area contributed by atoms with Crippen molar-refractivity contribution in [3.63, 3.8) is 0 Å². The third-order valence-electron chi connectivity index (χ3n) is 3.49. The summed E-state index contributed by atoms with van der Waals surface area (Å²) in [5, 5.41) is 0. The Morgan fingerprint density at radius 3 is 2.40 bits per heavy atom. The molecular formula is C17H21FN2O5. The van der Waals surface area contributed by atoms with Gasteiger partial charge in [0, 0.05) is 18.8 Å². The standard InChI is InChI=1S/C17H21FN2O5/c1-17(2,3)25-16(23)19-5-6-20(14(21)10-19)13-8-11(15(22)24-4)7-12(18)9-13/h7-9H,5-6,10H2,1-4H3. The first-order chi connectivity index (χ1) is 11.6. The molecule has 0 aliphatic carbocycles. The van der Waals surface area contributed by atoms with Crippen LogP contribution in [0.5, 0.6) is 0 Å². The number of esters is 1. The molecule has 0 radical (unpaired) electrons.